The largest absolute Gasteiger partial charge is 0.334 e. The van der Waals surface area contributed by atoms with Gasteiger partial charge in [-0.2, -0.15) is 0 Å². The molecule has 2 bridgehead atoms. The normalized spacial score (nSPS) is 23.0. The Labute approximate surface area is 145 Å². The van der Waals surface area contributed by atoms with Crippen LogP contribution in [0, 0.1) is 5.92 Å². The number of tetrazole rings is 1. The predicted octanol–water partition coefficient (Wildman–Crippen LogP) is 0.342. The zero-order chi connectivity index (χ0) is 17.6. The van der Waals surface area contributed by atoms with Gasteiger partial charge in [0.05, 0.1) is 0 Å². The van der Waals surface area contributed by atoms with E-state index in [1.54, 1.807) is 37.3 Å². The predicted molar refractivity (Wildman–Crippen MR) is 89.0 cm³/mol. The fourth-order valence-electron chi connectivity index (χ4n) is 3.81. The summed E-state index contributed by atoms with van der Waals surface area (Å²) in [5.41, 5.74) is 1.13. The highest BCUT2D eigenvalue weighted by Gasteiger charge is 2.39. The topological polar surface area (TPSA) is 86.9 Å². The Balaban J connectivity index is 1.58. The average molecular weight is 343 g/mol. The first-order valence-corrected chi connectivity index (χ1v) is 8.48. The van der Waals surface area contributed by atoms with Crippen LogP contribution in [0.5, 0.6) is 0 Å². The first-order valence-electron chi connectivity index (χ1n) is 8.48. The Morgan fingerprint density at radius 2 is 2.04 bits per heavy atom. The van der Waals surface area contributed by atoms with E-state index in [1.807, 2.05) is 9.80 Å². The zero-order valence-electron chi connectivity index (χ0n) is 14.4. The van der Waals surface area contributed by atoms with Crippen molar-refractivity contribution >= 4 is 17.6 Å². The Kier molecular flexibility index (Phi) is 3.78. The summed E-state index contributed by atoms with van der Waals surface area (Å²) in [7, 11) is 3.53. The quantitative estimate of drug-likeness (QED) is 0.745. The molecule has 5 rings (SSSR count). The molecule has 0 saturated carbocycles. The second-order valence-electron chi connectivity index (χ2n) is 7.03. The molecule has 0 N–H and O–H groups in total. The van der Waals surface area contributed by atoms with E-state index >= 15 is 0 Å². The summed E-state index contributed by atoms with van der Waals surface area (Å²) >= 11 is 0. The van der Waals surface area contributed by atoms with Crippen molar-refractivity contribution in [3.63, 3.8) is 0 Å². The van der Waals surface area contributed by atoms with Crippen LogP contribution < -0.4 is 0 Å². The summed E-state index contributed by atoms with van der Waals surface area (Å²) in [5, 5.41) is 11.3. The molecule has 2 aromatic heterocycles. The molecule has 3 fully saturated rings. The van der Waals surface area contributed by atoms with Crippen LogP contribution in [0.3, 0.4) is 0 Å². The summed E-state index contributed by atoms with van der Waals surface area (Å²) in [6.45, 7) is 2.00. The molecule has 9 nitrogen and oxygen atoms in total. The smallest absolute Gasteiger partial charge is 0.319 e. The van der Waals surface area contributed by atoms with E-state index < -0.39 is 0 Å². The van der Waals surface area contributed by atoms with Gasteiger partial charge in [-0.1, -0.05) is 0 Å². The lowest BCUT2D eigenvalue weighted by Crippen LogP contribution is -2.48. The first-order chi connectivity index (χ1) is 12.0. The number of hydrogen-bond acceptors (Lipinski definition) is 5. The van der Waals surface area contributed by atoms with E-state index in [0.717, 1.165) is 12.8 Å². The monoisotopic (exact) mass is 343 g/mol. The molecule has 0 aromatic carbocycles. The standard InChI is InChI=1S/C16H21N7O2/c1-20(2)16(25)21-8-11-3-4-13(10-21)22(9-11)15(24)12-5-6-23-14(7-12)17-18-19-23/h5-7,11,13H,3-4,8-10H2,1-2H3/t11-,13+/m0/s1. The number of pyridine rings is 1. The molecule has 0 radical (unpaired) electrons. The highest BCUT2D eigenvalue weighted by molar-refractivity contribution is 5.95. The van der Waals surface area contributed by atoms with E-state index in [9.17, 15) is 9.59 Å². The summed E-state index contributed by atoms with van der Waals surface area (Å²) in [6.07, 6.45) is 3.68. The maximum Gasteiger partial charge on any atom is 0.319 e. The Morgan fingerprint density at radius 1 is 1.20 bits per heavy atom. The molecule has 2 aromatic rings. The van der Waals surface area contributed by atoms with E-state index in [0.29, 0.717) is 36.8 Å². The van der Waals surface area contributed by atoms with Gasteiger partial charge in [0, 0.05) is 51.5 Å². The van der Waals surface area contributed by atoms with Crippen LogP contribution in [0.4, 0.5) is 4.79 Å². The molecular formula is C16H21N7O2. The number of piperidine rings is 1. The maximum absolute atomic E-state index is 13.1. The molecule has 0 spiro atoms. The number of hydrogen-bond donors (Lipinski definition) is 0. The first kappa shape index (κ1) is 15.8. The molecule has 0 unspecified atom stereocenters. The third-order valence-corrected chi connectivity index (χ3v) is 5.07. The summed E-state index contributed by atoms with van der Waals surface area (Å²) in [6, 6.07) is 3.53. The van der Waals surface area contributed by atoms with Crippen molar-refractivity contribution < 1.29 is 9.59 Å². The minimum absolute atomic E-state index is 0.0145. The summed E-state index contributed by atoms with van der Waals surface area (Å²) in [4.78, 5) is 30.8. The highest BCUT2D eigenvalue weighted by Crippen LogP contribution is 2.29. The van der Waals surface area contributed by atoms with Crippen LogP contribution in [0.2, 0.25) is 0 Å². The molecule has 25 heavy (non-hydrogen) atoms. The van der Waals surface area contributed by atoms with E-state index in [1.165, 1.54) is 4.52 Å². The summed E-state index contributed by atoms with van der Waals surface area (Å²) < 4.78 is 1.53. The number of carbonyl (C=O) groups is 2. The van der Waals surface area contributed by atoms with Gasteiger partial charge in [0.25, 0.3) is 5.91 Å². The van der Waals surface area contributed by atoms with Crippen molar-refractivity contribution in [2.45, 2.75) is 18.9 Å². The maximum atomic E-state index is 13.1. The minimum atomic E-state index is -0.0145. The number of carbonyl (C=O) groups excluding carboxylic acids is 2. The summed E-state index contributed by atoms with van der Waals surface area (Å²) in [5.74, 6) is 0.310. The lowest BCUT2D eigenvalue weighted by atomic mass is 9.94. The molecule has 2 atom stereocenters. The van der Waals surface area contributed by atoms with Crippen molar-refractivity contribution in [1.29, 1.82) is 0 Å². The number of fused-ring (bicyclic) bond motifs is 5. The number of aromatic nitrogens is 4. The fourth-order valence-corrected chi connectivity index (χ4v) is 3.81. The zero-order valence-corrected chi connectivity index (χ0v) is 14.4. The van der Waals surface area contributed by atoms with Gasteiger partial charge in [-0.05, 0) is 41.3 Å². The Bertz CT molecular complexity index is 818. The van der Waals surface area contributed by atoms with Crippen LogP contribution in [0.1, 0.15) is 23.2 Å². The third kappa shape index (κ3) is 2.79. The van der Waals surface area contributed by atoms with E-state index in [2.05, 4.69) is 15.5 Å². The molecular weight excluding hydrogens is 322 g/mol. The molecule has 3 aliphatic heterocycles. The molecule has 0 aliphatic carbocycles. The van der Waals surface area contributed by atoms with E-state index in [4.69, 9.17) is 0 Å². The number of nitrogens with zero attached hydrogens (tertiary/aromatic N) is 7. The van der Waals surface area contributed by atoms with Gasteiger partial charge in [-0.15, -0.1) is 5.10 Å². The number of rotatable bonds is 1. The fraction of sp³-hybridized carbons (Fsp3) is 0.562. The van der Waals surface area contributed by atoms with Gasteiger partial charge in [0.15, 0.2) is 5.65 Å². The molecule has 9 heteroatoms. The Hall–Kier alpha value is -2.71. The average Bonchev–Trinajstić information content (AvgIpc) is 2.89. The molecule has 3 saturated heterocycles. The number of amides is 3. The van der Waals surface area contributed by atoms with Crippen molar-refractivity contribution in [3.8, 4) is 0 Å². The van der Waals surface area contributed by atoms with Crippen LogP contribution in [-0.2, 0) is 0 Å². The minimum Gasteiger partial charge on any atom is -0.334 e. The lowest BCUT2D eigenvalue weighted by Gasteiger charge is -2.36. The number of urea groups is 1. The van der Waals surface area contributed by atoms with Gasteiger partial charge in [-0.3, -0.25) is 4.79 Å². The molecule has 5 heterocycles. The van der Waals surface area contributed by atoms with Gasteiger partial charge in [0.1, 0.15) is 0 Å². The second-order valence-corrected chi connectivity index (χ2v) is 7.03. The van der Waals surface area contributed by atoms with Gasteiger partial charge in [-0.25, -0.2) is 9.31 Å². The van der Waals surface area contributed by atoms with Gasteiger partial charge in [0.2, 0.25) is 0 Å². The van der Waals surface area contributed by atoms with Crippen LogP contribution in [0.25, 0.3) is 5.65 Å². The van der Waals surface area contributed by atoms with Gasteiger partial charge < -0.3 is 14.7 Å². The molecule has 3 amide bonds. The second kappa shape index (κ2) is 5.98. The molecule has 132 valence electrons. The molecule has 3 aliphatic rings. The van der Waals surface area contributed by atoms with Crippen molar-refractivity contribution in [1.82, 2.24) is 34.7 Å². The lowest BCUT2D eigenvalue weighted by molar-refractivity contribution is 0.0585. The SMILES string of the molecule is CN(C)C(=O)N1C[C@@H]2CC[C@H](C1)N(C(=O)c1ccn3nnnc3c1)C2. The van der Waals surface area contributed by atoms with Crippen molar-refractivity contribution in [2.24, 2.45) is 5.92 Å². The van der Waals surface area contributed by atoms with Crippen molar-refractivity contribution in [2.75, 3.05) is 33.7 Å². The Morgan fingerprint density at radius 3 is 2.84 bits per heavy atom. The van der Waals surface area contributed by atoms with Crippen LogP contribution >= 0.6 is 0 Å². The third-order valence-electron chi connectivity index (χ3n) is 5.07. The highest BCUT2D eigenvalue weighted by atomic mass is 16.2. The van der Waals surface area contributed by atoms with Gasteiger partial charge >= 0.3 is 6.03 Å². The van der Waals surface area contributed by atoms with Crippen LogP contribution in [0.15, 0.2) is 18.3 Å². The van der Waals surface area contributed by atoms with E-state index in [-0.39, 0.29) is 18.0 Å². The van der Waals surface area contributed by atoms with Crippen LogP contribution in [-0.4, -0.2) is 86.5 Å². The van der Waals surface area contributed by atoms with Crippen molar-refractivity contribution in [3.05, 3.63) is 23.9 Å².